The van der Waals surface area contributed by atoms with E-state index >= 15 is 0 Å². The van der Waals surface area contributed by atoms with Crippen molar-refractivity contribution in [1.29, 1.82) is 0 Å². The molecule has 0 aromatic heterocycles. The number of ether oxygens (including phenoxy) is 2. The summed E-state index contributed by atoms with van der Waals surface area (Å²) >= 11 is 0. The van der Waals surface area contributed by atoms with Crippen molar-refractivity contribution in [2.24, 2.45) is 4.99 Å². The van der Waals surface area contributed by atoms with Gasteiger partial charge in [0.1, 0.15) is 17.7 Å². The lowest BCUT2D eigenvalue weighted by atomic mass is 10.0. The molecule has 0 fully saturated rings. The van der Waals surface area contributed by atoms with E-state index in [1.165, 1.54) is 0 Å². The highest BCUT2D eigenvalue weighted by atomic mass is 16.5. The Hall–Kier alpha value is -3.27. The molecule has 0 spiro atoms. The average Bonchev–Trinajstić information content (AvgIpc) is 3.11. The SMILES string of the molecule is COc1ccc(C2N=C(c3ccccc3)C(C)N2c2ccc(OC)cc2)cc1. The van der Waals surface area contributed by atoms with Crippen LogP contribution in [0.2, 0.25) is 0 Å². The fourth-order valence-corrected chi connectivity index (χ4v) is 3.70. The first kappa shape index (κ1) is 18.1. The van der Waals surface area contributed by atoms with Crippen molar-refractivity contribution >= 4 is 11.4 Å². The molecule has 4 nitrogen and oxygen atoms in total. The van der Waals surface area contributed by atoms with Crippen molar-refractivity contribution < 1.29 is 9.47 Å². The third-order valence-corrected chi connectivity index (χ3v) is 5.19. The van der Waals surface area contributed by atoms with Crippen LogP contribution in [-0.4, -0.2) is 26.0 Å². The minimum absolute atomic E-state index is 0.0930. The average molecular weight is 372 g/mol. The topological polar surface area (TPSA) is 34.1 Å². The second kappa shape index (κ2) is 7.77. The standard InChI is InChI=1S/C24H24N2O2/c1-17-23(18-7-5-4-6-8-18)25-24(19-9-13-21(27-2)14-10-19)26(17)20-11-15-22(28-3)16-12-20/h4-17,24H,1-3H3. The molecule has 3 aromatic carbocycles. The Morgan fingerprint density at radius 1 is 0.750 bits per heavy atom. The van der Waals surface area contributed by atoms with Crippen LogP contribution in [0.3, 0.4) is 0 Å². The van der Waals surface area contributed by atoms with Gasteiger partial charge in [-0.05, 0) is 54.4 Å². The van der Waals surface area contributed by atoms with E-state index in [1.54, 1.807) is 14.2 Å². The summed E-state index contributed by atoms with van der Waals surface area (Å²) in [6.45, 7) is 2.21. The van der Waals surface area contributed by atoms with Gasteiger partial charge in [0, 0.05) is 5.69 Å². The Morgan fingerprint density at radius 2 is 1.32 bits per heavy atom. The second-order valence-electron chi connectivity index (χ2n) is 6.81. The number of methoxy groups -OCH3 is 2. The molecule has 1 heterocycles. The number of benzene rings is 3. The van der Waals surface area contributed by atoms with Crippen LogP contribution in [0, 0.1) is 0 Å². The molecule has 4 rings (SSSR count). The lowest BCUT2D eigenvalue weighted by Crippen LogP contribution is -2.35. The quantitative estimate of drug-likeness (QED) is 0.625. The molecule has 142 valence electrons. The summed E-state index contributed by atoms with van der Waals surface area (Å²) in [4.78, 5) is 7.49. The number of rotatable bonds is 5. The summed E-state index contributed by atoms with van der Waals surface area (Å²) in [6, 6.07) is 26.9. The lowest BCUT2D eigenvalue weighted by molar-refractivity contribution is 0.414. The van der Waals surface area contributed by atoms with Crippen LogP contribution < -0.4 is 14.4 Å². The van der Waals surface area contributed by atoms with Gasteiger partial charge in [0.15, 0.2) is 0 Å². The first-order valence-electron chi connectivity index (χ1n) is 9.40. The molecular formula is C24H24N2O2. The second-order valence-corrected chi connectivity index (χ2v) is 6.81. The molecule has 2 atom stereocenters. The number of nitrogens with zero attached hydrogens (tertiary/aromatic N) is 2. The fourth-order valence-electron chi connectivity index (χ4n) is 3.70. The Morgan fingerprint density at radius 3 is 1.89 bits per heavy atom. The molecule has 1 aliphatic rings. The van der Waals surface area contributed by atoms with Gasteiger partial charge in [-0.2, -0.15) is 0 Å². The molecule has 0 amide bonds. The first-order valence-corrected chi connectivity index (χ1v) is 9.40. The van der Waals surface area contributed by atoms with Gasteiger partial charge in [-0.15, -0.1) is 0 Å². The highest BCUT2D eigenvalue weighted by molar-refractivity contribution is 6.07. The number of aliphatic imine (C=N–C) groups is 1. The van der Waals surface area contributed by atoms with Gasteiger partial charge in [0.25, 0.3) is 0 Å². The van der Waals surface area contributed by atoms with Crippen molar-refractivity contribution in [2.75, 3.05) is 19.1 Å². The van der Waals surface area contributed by atoms with E-state index in [0.717, 1.165) is 34.0 Å². The van der Waals surface area contributed by atoms with Crippen LogP contribution in [0.5, 0.6) is 11.5 Å². The summed E-state index contributed by atoms with van der Waals surface area (Å²) in [5.41, 5.74) is 4.50. The molecule has 28 heavy (non-hydrogen) atoms. The van der Waals surface area contributed by atoms with E-state index in [-0.39, 0.29) is 12.2 Å². The van der Waals surface area contributed by atoms with Gasteiger partial charge in [0.2, 0.25) is 0 Å². The maximum Gasteiger partial charge on any atom is 0.148 e. The van der Waals surface area contributed by atoms with Gasteiger partial charge in [-0.1, -0.05) is 42.5 Å². The van der Waals surface area contributed by atoms with E-state index in [9.17, 15) is 0 Å². The lowest BCUT2D eigenvalue weighted by Gasteiger charge is -2.30. The van der Waals surface area contributed by atoms with Crippen molar-refractivity contribution in [2.45, 2.75) is 19.1 Å². The van der Waals surface area contributed by atoms with Crippen molar-refractivity contribution in [3.63, 3.8) is 0 Å². The van der Waals surface area contributed by atoms with E-state index in [4.69, 9.17) is 14.5 Å². The summed E-state index contributed by atoms with van der Waals surface area (Å²) in [5.74, 6) is 1.69. The van der Waals surface area contributed by atoms with Crippen LogP contribution in [0.25, 0.3) is 0 Å². The summed E-state index contributed by atoms with van der Waals surface area (Å²) < 4.78 is 10.6. The highest BCUT2D eigenvalue weighted by Crippen LogP contribution is 2.38. The predicted octanol–water partition coefficient (Wildman–Crippen LogP) is 5.10. The smallest absolute Gasteiger partial charge is 0.148 e. The summed E-state index contributed by atoms with van der Waals surface area (Å²) in [5, 5.41) is 0. The van der Waals surface area contributed by atoms with Gasteiger partial charge in [-0.3, -0.25) is 4.99 Å². The molecule has 0 aliphatic carbocycles. The Balaban J connectivity index is 1.77. The third kappa shape index (κ3) is 3.33. The number of anilines is 1. The van der Waals surface area contributed by atoms with E-state index in [1.807, 2.05) is 30.3 Å². The molecule has 4 heteroatoms. The predicted molar refractivity (Wildman–Crippen MR) is 114 cm³/mol. The Bertz CT molecular complexity index is 950. The molecular weight excluding hydrogens is 348 g/mol. The third-order valence-electron chi connectivity index (χ3n) is 5.19. The molecule has 2 unspecified atom stereocenters. The maximum atomic E-state index is 5.33. The zero-order valence-electron chi connectivity index (χ0n) is 16.4. The normalized spacial score (nSPS) is 18.7. The zero-order chi connectivity index (χ0) is 19.5. The maximum absolute atomic E-state index is 5.33. The molecule has 3 aromatic rings. The monoisotopic (exact) mass is 372 g/mol. The molecule has 0 bridgehead atoms. The van der Waals surface area contributed by atoms with Crippen molar-refractivity contribution in [3.8, 4) is 11.5 Å². The van der Waals surface area contributed by atoms with Crippen molar-refractivity contribution in [3.05, 3.63) is 90.0 Å². The van der Waals surface area contributed by atoms with E-state index < -0.39 is 0 Å². The number of hydrogen-bond acceptors (Lipinski definition) is 4. The zero-order valence-corrected chi connectivity index (χ0v) is 16.4. The molecule has 0 N–H and O–H groups in total. The molecule has 0 radical (unpaired) electrons. The van der Waals surface area contributed by atoms with Gasteiger partial charge < -0.3 is 14.4 Å². The van der Waals surface area contributed by atoms with Crippen LogP contribution >= 0.6 is 0 Å². The van der Waals surface area contributed by atoms with Crippen LogP contribution in [0.4, 0.5) is 5.69 Å². The van der Waals surface area contributed by atoms with Gasteiger partial charge >= 0.3 is 0 Å². The minimum Gasteiger partial charge on any atom is -0.497 e. The molecule has 0 saturated heterocycles. The fraction of sp³-hybridized carbons (Fsp3) is 0.208. The number of hydrogen-bond donors (Lipinski definition) is 0. The summed E-state index contributed by atoms with van der Waals surface area (Å²) in [6.07, 6.45) is -0.0930. The Kier molecular flexibility index (Phi) is 5.02. The van der Waals surface area contributed by atoms with Crippen LogP contribution in [-0.2, 0) is 0 Å². The minimum atomic E-state index is -0.0930. The van der Waals surface area contributed by atoms with Gasteiger partial charge in [0.05, 0.1) is 26.0 Å². The molecule has 1 aliphatic heterocycles. The van der Waals surface area contributed by atoms with Crippen LogP contribution in [0.15, 0.2) is 83.9 Å². The van der Waals surface area contributed by atoms with Gasteiger partial charge in [-0.25, -0.2) is 0 Å². The summed E-state index contributed by atoms with van der Waals surface area (Å²) in [7, 11) is 3.37. The first-order chi connectivity index (χ1) is 13.7. The largest absolute Gasteiger partial charge is 0.497 e. The van der Waals surface area contributed by atoms with E-state index in [2.05, 4.69) is 60.4 Å². The van der Waals surface area contributed by atoms with Crippen molar-refractivity contribution in [1.82, 2.24) is 0 Å². The molecule has 0 saturated carbocycles. The van der Waals surface area contributed by atoms with E-state index in [0.29, 0.717) is 0 Å². The van der Waals surface area contributed by atoms with Crippen LogP contribution in [0.1, 0.15) is 24.2 Å². The Labute approximate surface area is 166 Å². The highest BCUT2D eigenvalue weighted by Gasteiger charge is 2.35.